The first-order valence-corrected chi connectivity index (χ1v) is 6.35. The Kier molecular flexibility index (Phi) is 3.39. The van der Waals surface area contributed by atoms with Gasteiger partial charge in [-0.05, 0) is 31.9 Å². The SMILES string of the molecule is CC(C)C(N)c1nc2c(F)cccc2n1C(C)C. The summed E-state index contributed by atoms with van der Waals surface area (Å²) in [4.78, 5) is 4.42. The average Bonchev–Trinajstić information content (AvgIpc) is 2.68. The van der Waals surface area contributed by atoms with Gasteiger partial charge in [-0.15, -0.1) is 0 Å². The van der Waals surface area contributed by atoms with Crippen molar-refractivity contribution in [3.05, 3.63) is 29.8 Å². The van der Waals surface area contributed by atoms with E-state index in [1.165, 1.54) is 6.07 Å². The van der Waals surface area contributed by atoms with Gasteiger partial charge in [0, 0.05) is 6.04 Å². The van der Waals surface area contributed by atoms with Crippen molar-refractivity contribution in [1.82, 2.24) is 9.55 Å². The van der Waals surface area contributed by atoms with Gasteiger partial charge in [0.1, 0.15) is 11.3 Å². The van der Waals surface area contributed by atoms with Crippen molar-refractivity contribution in [3.8, 4) is 0 Å². The summed E-state index contributed by atoms with van der Waals surface area (Å²) in [6.07, 6.45) is 0. The van der Waals surface area contributed by atoms with Crippen molar-refractivity contribution < 1.29 is 4.39 Å². The second kappa shape index (κ2) is 4.69. The van der Waals surface area contributed by atoms with Gasteiger partial charge >= 0.3 is 0 Å². The molecule has 4 heteroatoms. The third-order valence-electron chi connectivity index (χ3n) is 3.23. The Labute approximate surface area is 107 Å². The predicted molar refractivity (Wildman–Crippen MR) is 71.8 cm³/mol. The largest absolute Gasteiger partial charge is 0.324 e. The highest BCUT2D eigenvalue weighted by molar-refractivity contribution is 5.77. The first-order valence-electron chi connectivity index (χ1n) is 6.35. The summed E-state index contributed by atoms with van der Waals surface area (Å²) in [7, 11) is 0. The van der Waals surface area contributed by atoms with Gasteiger partial charge in [0.05, 0.1) is 11.6 Å². The Bertz CT molecular complexity index is 557. The Morgan fingerprint density at radius 1 is 1.22 bits per heavy atom. The van der Waals surface area contributed by atoms with Crippen LogP contribution in [0, 0.1) is 11.7 Å². The molecule has 1 atom stereocenters. The molecule has 98 valence electrons. The smallest absolute Gasteiger partial charge is 0.151 e. The van der Waals surface area contributed by atoms with E-state index in [4.69, 9.17) is 5.73 Å². The van der Waals surface area contributed by atoms with E-state index in [0.29, 0.717) is 5.52 Å². The molecule has 18 heavy (non-hydrogen) atoms. The second-order valence-corrected chi connectivity index (χ2v) is 5.31. The molecule has 0 aliphatic rings. The number of para-hydroxylation sites is 1. The van der Waals surface area contributed by atoms with E-state index in [-0.39, 0.29) is 23.8 Å². The number of imidazole rings is 1. The molecule has 1 aromatic heterocycles. The van der Waals surface area contributed by atoms with Gasteiger partial charge in [-0.25, -0.2) is 9.37 Å². The highest BCUT2D eigenvalue weighted by Gasteiger charge is 2.22. The number of aromatic nitrogens is 2. The molecule has 0 spiro atoms. The molecule has 2 N–H and O–H groups in total. The number of hydrogen-bond acceptors (Lipinski definition) is 2. The van der Waals surface area contributed by atoms with Crippen LogP contribution in [0.1, 0.15) is 45.6 Å². The monoisotopic (exact) mass is 249 g/mol. The van der Waals surface area contributed by atoms with Crippen molar-refractivity contribution >= 4 is 11.0 Å². The lowest BCUT2D eigenvalue weighted by Crippen LogP contribution is -2.22. The Balaban J connectivity index is 2.73. The molecule has 0 aliphatic carbocycles. The summed E-state index contributed by atoms with van der Waals surface area (Å²) in [6, 6.07) is 5.06. The van der Waals surface area contributed by atoms with Gasteiger partial charge in [-0.2, -0.15) is 0 Å². The molecule has 0 fully saturated rings. The number of rotatable bonds is 3. The fourth-order valence-electron chi connectivity index (χ4n) is 2.18. The summed E-state index contributed by atoms with van der Waals surface area (Å²) in [6.45, 7) is 8.21. The molecule has 0 radical (unpaired) electrons. The van der Waals surface area contributed by atoms with Gasteiger partial charge in [0.2, 0.25) is 0 Å². The maximum atomic E-state index is 13.8. The zero-order valence-corrected chi connectivity index (χ0v) is 11.3. The second-order valence-electron chi connectivity index (χ2n) is 5.31. The molecule has 0 saturated carbocycles. The van der Waals surface area contributed by atoms with Crippen LogP contribution in [-0.4, -0.2) is 9.55 Å². The predicted octanol–water partition coefficient (Wildman–Crippen LogP) is 3.41. The van der Waals surface area contributed by atoms with Crippen LogP contribution in [0.4, 0.5) is 4.39 Å². The zero-order valence-electron chi connectivity index (χ0n) is 11.3. The van der Waals surface area contributed by atoms with Gasteiger partial charge in [-0.1, -0.05) is 19.9 Å². The average molecular weight is 249 g/mol. The van der Waals surface area contributed by atoms with E-state index in [1.54, 1.807) is 6.07 Å². The van der Waals surface area contributed by atoms with Crippen molar-refractivity contribution in [2.75, 3.05) is 0 Å². The molecule has 1 heterocycles. The van der Waals surface area contributed by atoms with Crippen LogP contribution in [-0.2, 0) is 0 Å². The number of nitrogens with two attached hydrogens (primary N) is 1. The van der Waals surface area contributed by atoms with E-state index in [0.717, 1.165) is 11.3 Å². The van der Waals surface area contributed by atoms with E-state index < -0.39 is 0 Å². The van der Waals surface area contributed by atoms with Crippen molar-refractivity contribution in [2.24, 2.45) is 11.7 Å². The van der Waals surface area contributed by atoms with Gasteiger partial charge in [-0.3, -0.25) is 0 Å². The van der Waals surface area contributed by atoms with Crippen LogP contribution in [0.5, 0.6) is 0 Å². The normalized spacial score (nSPS) is 13.8. The summed E-state index contributed by atoms with van der Waals surface area (Å²) in [5.74, 6) is 0.742. The molecule has 2 aromatic rings. The standard InChI is InChI=1S/C14H20FN3/c1-8(2)12(16)14-17-13-10(15)6-5-7-11(13)18(14)9(3)4/h5-9,12H,16H2,1-4H3. The third kappa shape index (κ3) is 2.01. The Hall–Kier alpha value is -1.42. The molecule has 2 rings (SSSR count). The summed E-state index contributed by atoms with van der Waals surface area (Å²) in [5, 5.41) is 0. The number of nitrogens with zero attached hydrogens (tertiary/aromatic N) is 2. The van der Waals surface area contributed by atoms with E-state index in [2.05, 4.69) is 18.8 Å². The minimum absolute atomic E-state index is 0.181. The quantitative estimate of drug-likeness (QED) is 0.905. The van der Waals surface area contributed by atoms with Crippen LogP contribution >= 0.6 is 0 Å². The summed E-state index contributed by atoms with van der Waals surface area (Å²) < 4.78 is 15.8. The van der Waals surface area contributed by atoms with Gasteiger partial charge in [0.15, 0.2) is 5.82 Å². The first-order chi connectivity index (χ1) is 8.43. The first kappa shape index (κ1) is 13.0. The van der Waals surface area contributed by atoms with Gasteiger partial charge in [0.25, 0.3) is 0 Å². The van der Waals surface area contributed by atoms with E-state index >= 15 is 0 Å². The van der Waals surface area contributed by atoms with Crippen LogP contribution in [0.15, 0.2) is 18.2 Å². The lowest BCUT2D eigenvalue weighted by atomic mass is 10.0. The fraction of sp³-hybridized carbons (Fsp3) is 0.500. The van der Waals surface area contributed by atoms with E-state index in [1.807, 2.05) is 24.5 Å². The third-order valence-corrected chi connectivity index (χ3v) is 3.23. The van der Waals surface area contributed by atoms with Crippen molar-refractivity contribution in [1.29, 1.82) is 0 Å². The zero-order chi connectivity index (χ0) is 13.4. The molecule has 0 amide bonds. The molecule has 0 bridgehead atoms. The lowest BCUT2D eigenvalue weighted by molar-refractivity contribution is 0.453. The molecule has 0 saturated heterocycles. The summed E-state index contributed by atoms with van der Waals surface area (Å²) >= 11 is 0. The van der Waals surface area contributed by atoms with Crippen molar-refractivity contribution in [2.45, 2.75) is 39.8 Å². The molecule has 3 nitrogen and oxygen atoms in total. The molecule has 0 aliphatic heterocycles. The number of fused-ring (bicyclic) bond motifs is 1. The number of hydrogen-bond donors (Lipinski definition) is 1. The number of halogens is 1. The number of benzene rings is 1. The van der Waals surface area contributed by atoms with Crippen LogP contribution in [0.3, 0.4) is 0 Å². The Morgan fingerprint density at radius 2 is 1.89 bits per heavy atom. The van der Waals surface area contributed by atoms with Crippen LogP contribution in [0.25, 0.3) is 11.0 Å². The maximum absolute atomic E-state index is 13.8. The lowest BCUT2D eigenvalue weighted by Gasteiger charge is -2.19. The summed E-state index contributed by atoms with van der Waals surface area (Å²) in [5.41, 5.74) is 7.41. The maximum Gasteiger partial charge on any atom is 0.151 e. The highest BCUT2D eigenvalue weighted by atomic mass is 19.1. The molecule has 1 unspecified atom stereocenters. The minimum atomic E-state index is -0.288. The highest BCUT2D eigenvalue weighted by Crippen LogP contribution is 2.28. The topological polar surface area (TPSA) is 43.8 Å². The molecule has 1 aromatic carbocycles. The van der Waals surface area contributed by atoms with Gasteiger partial charge < -0.3 is 10.3 Å². The van der Waals surface area contributed by atoms with Crippen LogP contribution in [0.2, 0.25) is 0 Å². The Morgan fingerprint density at radius 3 is 2.44 bits per heavy atom. The van der Waals surface area contributed by atoms with E-state index in [9.17, 15) is 4.39 Å². The fourth-order valence-corrected chi connectivity index (χ4v) is 2.18. The minimum Gasteiger partial charge on any atom is -0.324 e. The van der Waals surface area contributed by atoms with Crippen LogP contribution < -0.4 is 5.73 Å². The molecular formula is C14H20FN3. The van der Waals surface area contributed by atoms with Crippen molar-refractivity contribution in [3.63, 3.8) is 0 Å². The molecular weight excluding hydrogens is 229 g/mol.